The van der Waals surface area contributed by atoms with E-state index in [1.54, 1.807) is 24.3 Å². The Bertz CT molecular complexity index is 1100. The van der Waals surface area contributed by atoms with Crippen molar-refractivity contribution in [2.45, 2.75) is 6.92 Å². The molecule has 0 saturated heterocycles. The Morgan fingerprint density at radius 3 is 2.54 bits per heavy atom. The van der Waals surface area contributed by atoms with E-state index in [0.29, 0.717) is 27.5 Å². The van der Waals surface area contributed by atoms with Crippen LogP contribution in [0.3, 0.4) is 0 Å². The van der Waals surface area contributed by atoms with Gasteiger partial charge in [-0.3, -0.25) is 9.59 Å². The molecule has 0 bridgehead atoms. The third-order valence-corrected chi connectivity index (χ3v) is 5.05. The quantitative estimate of drug-likeness (QED) is 0.503. The molecule has 5 heteroatoms. The Labute approximate surface area is 154 Å². The summed E-state index contributed by atoms with van der Waals surface area (Å²) in [6.45, 7) is 1.87. The van der Waals surface area contributed by atoms with Gasteiger partial charge in [-0.25, -0.2) is 0 Å². The van der Waals surface area contributed by atoms with Crippen LogP contribution in [0.25, 0.3) is 11.0 Å². The van der Waals surface area contributed by atoms with E-state index in [1.165, 1.54) is 11.3 Å². The molecule has 0 aliphatic carbocycles. The molecule has 2 aromatic carbocycles. The molecule has 26 heavy (non-hydrogen) atoms. The highest BCUT2D eigenvalue weighted by Gasteiger charge is 2.19. The number of carbonyl (C=O) groups is 2. The maximum absolute atomic E-state index is 12.7. The fourth-order valence-electron chi connectivity index (χ4n) is 2.84. The van der Waals surface area contributed by atoms with E-state index in [9.17, 15) is 9.59 Å². The van der Waals surface area contributed by atoms with E-state index in [-0.39, 0.29) is 11.7 Å². The monoisotopic (exact) mass is 361 g/mol. The lowest BCUT2D eigenvalue weighted by Crippen LogP contribution is -2.09. The van der Waals surface area contributed by atoms with Crippen molar-refractivity contribution in [1.29, 1.82) is 0 Å². The highest BCUT2D eigenvalue weighted by Crippen LogP contribution is 2.29. The molecule has 0 fully saturated rings. The van der Waals surface area contributed by atoms with Gasteiger partial charge in [0.2, 0.25) is 5.78 Å². The SMILES string of the molecule is Cc1c(C(=O)c2ccccc2)oc2cc(NC(=O)c3cccs3)ccc12. The van der Waals surface area contributed by atoms with E-state index in [0.717, 1.165) is 10.9 Å². The zero-order chi connectivity index (χ0) is 18.1. The van der Waals surface area contributed by atoms with Crippen LogP contribution in [0.1, 0.15) is 31.4 Å². The summed E-state index contributed by atoms with van der Waals surface area (Å²) in [6, 6.07) is 18.1. The van der Waals surface area contributed by atoms with E-state index in [2.05, 4.69) is 5.32 Å². The zero-order valence-electron chi connectivity index (χ0n) is 14.0. The van der Waals surface area contributed by atoms with Crippen LogP contribution >= 0.6 is 11.3 Å². The lowest BCUT2D eigenvalue weighted by Gasteiger charge is -2.03. The van der Waals surface area contributed by atoms with E-state index in [1.807, 2.05) is 48.7 Å². The number of amides is 1. The number of thiophene rings is 1. The summed E-state index contributed by atoms with van der Waals surface area (Å²) >= 11 is 1.38. The summed E-state index contributed by atoms with van der Waals surface area (Å²) in [5.74, 6) is 0.0135. The molecular weight excluding hydrogens is 346 g/mol. The number of carbonyl (C=O) groups excluding carboxylic acids is 2. The van der Waals surface area contributed by atoms with Crippen LogP contribution in [0, 0.1) is 6.92 Å². The van der Waals surface area contributed by atoms with E-state index >= 15 is 0 Å². The number of aryl methyl sites for hydroxylation is 1. The maximum atomic E-state index is 12.7. The van der Waals surface area contributed by atoms with Gasteiger partial charge in [-0.15, -0.1) is 11.3 Å². The van der Waals surface area contributed by atoms with Gasteiger partial charge in [0.15, 0.2) is 5.76 Å². The molecule has 1 amide bonds. The number of hydrogen-bond acceptors (Lipinski definition) is 4. The molecule has 0 atom stereocenters. The Hall–Kier alpha value is -3.18. The molecule has 2 aromatic heterocycles. The van der Waals surface area contributed by atoms with Gasteiger partial charge >= 0.3 is 0 Å². The second-order valence-electron chi connectivity index (χ2n) is 5.89. The van der Waals surface area contributed by atoms with Gasteiger partial charge in [-0.05, 0) is 30.5 Å². The number of ketones is 1. The van der Waals surface area contributed by atoms with Crippen molar-refractivity contribution in [3.8, 4) is 0 Å². The highest BCUT2D eigenvalue weighted by molar-refractivity contribution is 7.12. The van der Waals surface area contributed by atoms with Crippen molar-refractivity contribution < 1.29 is 14.0 Å². The minimum atomic E-state index is -0.164. The molecular formula is C21H15NO3S. The molecule has 128 valence electrons. The normalized spacial score (nSPS) is 10.8. The summed E-state index contributed by atoms with van der Waals surface area (Å²) < 4.78 is 5.83. The van der Waals surface area contributed by atoms with Gasteiger partial charge in [0.1, 0.15) is 5.58 Å². The van der Waals surface area contributed by atoms with Crippen molar-refractivity contribution in [3.63, 3.8) is 0 Å². The van der Waals surface area contributed by atoms with Gasteiger partial charge in [0, 0.05) is 28.3 Å². The summed E-state index contributed by atoms with van der Waals surface area (Å²) in [6.07, 6.45) is 0. The smallest absolute Gasteiger partial charge is 0.265 e. The second kappa shape index (κ2) is 6.61. The van der Waals surface area contributed by atoms with Crippen LogP contribution in [0.5, 0.6) is 0 Å². The molecule has 0 unspecified atom stereocenters. The standard InChI is InChI=1S/C21H15NO3S/c1-13-16-10-9-15(22-21(24)18-8-5-11-26-18)12-17(16)25-20(13)19(23)14-6-3-2-4-7-14/h2-12H,1H3,(H,22,24). The van der Waals surface area contributed by atoms with Crippen LogP contribution in [-0.4, -0.2) is 11.7 Å². The number of rotatable bonds is 4. The summed E-state index contributed by atoms with van der Waals surface area (Å²) in [5, 5.41) is 5.57. The van der Waals surface area contributed by atoms with Crippen molar-refractivity contribution in [1.82, 2.24) is 0 Å². The lowest BCUT2D eigenvalue weighted by atomic mass is 10.0. The van der Waals surface area contributed by atoms with Crippen LogP contribution in [0.4, 0.5) is 5.69 Å². The van der Waals surface area contributed by atoms with Crippen LogP contribution in [0.2, 0.25) is 0 Å². The molecule has 0 saturated carbocycles. The zero-order valence-corrected chi connectivity index (χ0v) is 14.8. The van der Waals surface area contributed by atoms with E-state index < -0.39 is 0 Å². The molecule has 4 aromatic rings. The minimum Gasteiger partial charge on any atom is -0.452 e. The average molecular weight is 361 g/mol. The Morgan fingerprint density at radius 1 is 1.00 bits per heavy atom. The molecule has 0 radical (unpaired) electrons. The minimum absolute atomic E-state index is 0.150. The third kappa shape index (κ3) is 2.93. The number of nitrogens with one attached hydrogen (secondary N) is 1. The molecule has 0 aliphatic heterocycles. The Balaban J connectivity index is 1.67. The van der Waals surface area contributed by atoms with Crippen LogP contribution < -0.4 is 5.32 Å². The molecule has 1 N–H and O–H groups in total. The summed E-state index contributed by atoms with van der Waals surface area (Å²) in [7, 11) is 0. The predicted molar refractivity (Wildman–Crippen MR) is 103 cm³/mol. The van der Waals surface area contributed by atoms with Gasteiger partial charge in [0.05, 0.1) is 4.88 Å². The van der Waals surface area contributed by atoms with Gasteiger partial charge in [0.25, 0.3) is 5.91 Å². The Kier molecular flexibility index (Phi) is 4.14. The third-order valence-electron chi connectivity index (χ3n) is 4.18. The number of hydrogen-bond donors (Lipinski definition) is 1. The first kappa shape index (κ1) is 16.3. The number of anilines is 1. The van der Waals surface area contributed by atoms with Crippen molar-refractivity contribution in [2.24, 2.45) is 0 Å². The maximum Gasteiger partial charge on any atom is 0.265 e. The predicted octanol–water partition coefficient (Wildman–Crippen LogP) is 5.29. The van der Waals surface area contributed by atoms with Crippen LogP contribution in [0.15, 0.2) is 70.5 Å². The fraction of sp³-hybridized carbons (Fsp3) is 0.0476. The van der Waals surface area contributed by atoms with Crippen LogP contribution in [-0.2, 0) is 0 Å². The first-order chi connectivity index (χ1) is 12.6. The second-order valence-corrected chi connectivity index (χ2v) is 6.84. The Morgan fingerprint density at radius 2 is 1.81 bits per heavy atom. The van der Waals surface area contributed by atoms with Gasteiger partial charge in [-0.1, -0.05) is 36.4 Å². The fourth-order valence-corrected chi connectivity index (χ4v) is 3.46. The topological polar surface area (TPSA) is 59.3 Å². The first-order valence-electron chi connectivity index (χ1n) is 8.11. The average Bonchev–Trinajstić information content (AvgIpc) is 3.30. The molecule has 4 rings (SSSR count). The summed E-state index contributed by atoms with van der Waals surface area (Å²) in [5.41, 5.74) is 2.58. The van der Waals surface area contributed by atoms with Crippen molar-refractivity contribution in [2.75, 3.05) is 5.32 Å². The molecule has 0 aliphatic rings. The van der Waals surface area contributed by atoms with Gasteiger partial charge in [-0.2, -0.15) is 0 Å². The largest absolute Gasteiger partial charge is 0.452 e. The highest BCUT2D eigenvalue weighted by atomic mass is 32.1. The number of benzene rings is 2. The van der Waals surface area contributed by atoms with Crippen molar-refractivity contribution in [3.05, 3.63) is 87.8 Å². The molecule has 2 heterocycles. The van der Waals surface area contributed by atoms with E-state index in [4.69, 9.17) is 4.42 Å². The lowest BCUT2D eigenvalue weighted by molar-refractivity contribution is 0.101. The number of fused-ring (bicyclic) bond motifs is 1. The summed E-state index contributed by atoms with van der Waals surface area (Å²) in [4.78, 5) is 25.5. The molecule has 0 spiro atoms. The molecule has 4 nitrogen and oxygen atoms in total. The number of furan rings is 1. The first-order valence-corrected chi connectivity index (χ1v) is 8.99. The van der Waals surface area contributed by atoms with Gasteiger partial charge < -0.3 is 9.73 Å². The van der Waals surface area contributed by atoms with Crippen molar-refractivity contribution >= 4 is 39.7 Å².